The van der Waals surface area contributed by atoms with Gasteiger partial charge in [0.05, 0.1) is 11.4 Å². The Kier molecular flexibility index (Phi) is 7.45. The monoisotopic (exact) mass is 602 g/mol. The van der Waals surface area contributed by atoms with Crippen LogP contribution in [0.25, 0.3) is 43.8 Å². The molecule has 0 spiro atoms. The van der Waals surface area contributed by atoms with Crippen LogP contribution in [0.5, 0.6) is 0 Å². The second-order valence-corrected chi connectivity index (χ2v) is 11.9. The lowest BCUT2D eigenvalue weighted by molar-refractivity contribution is 1.21. The van der Waals surface area contributed by atoms with Gasteiger partial charge >= 0.3 is 0 Å². The zero-order chi connectivity index (χ0) is 31.6. The van der Waals surface area contributed by atoms with Gasteiger partial charge in [0.2, 0.25) is 0 Å². The van der Waals surface area contributed by atoms with Crippen molar-refractivity contribution >= 4 is 50.0 Å². The molecule has 0 amide bonds. The van der Waals surface area contributed by atoms with Gasteiger partial charge in [0.1, 0.15) is 0 Å². The second kappa shape index (κ2) is 12.3. The van der Waals surface area contributed by atoms with E-state index in [0.29, 0.717) is 0 Å². The van der Waals surface area contributed by atoms with Crippen molar-refractivity contribution < 1.29 is 0 Å². The number of hydrogen-bond acceptors (Lipinski definition) is 2. The van der Waals surface area contributed by atoms with Crippen molar-refractivity contribution in [2.45, 2.75) is 0 Å². The fourth-order valence-corrected chi connectivity index (χ4v) is 6.55. The molecule has 224 valence electrons. The lowest BCUT2D eigenvalue weighted by atomic mass is 10.0. The van der Waals surface area contributed by atoms with Crippen molar-refractivity contribution in [3.8, 4) is 22.3 Å². The number of rotatable bonds is 7. The third-order valence-corrected chi connectivity index (χ3v) is 9.09. The summed E-state index contributed by atoms with van der Waals surface area (Å²) < 4.78 is 0. The summed E-state index contributed by atoms with van der Waals surface area (Å²) in [7, 11) is 2.12. The highest BCUT2D eigenvalue weighted by atomic mass is 15.1. The Morgan fingerprint density at radius 1 is 0.298 bits per heavy atom. The normalized spacial score (nSPS) is 11.1. The van der Waals surface area contributed by atoms with E-state index >= 15 is 0 Å². The molecule has 0 fully saturated rings. The highest BCUT2D eigenvalue weighted by Crippen LogP contribution is 2.42. The largest absolute Gasteiger partial charge is 0.345 e. The number of nitrogens with zero attached hydrogens (tertiary/aromatic N) is 2. The molecule has 0 aliphatic rings. The van der Waals surface area contributed by atoms with E-state index in [4.69, 9.17) is 0 Å². The molecule has 0 radical (unpaired) electrons. The smallest absolute Gasteiger partial charge is 0.0540 e. The average Bonchev–Trinajstić information content (AvgIpc) is 3.16. The molecule has 8 aromatic rings. The van der Waals surface area contributed by atoms with Crippen molar-refractivity contribution in [1.29, 1.82) is 0 Å². The third-order valence-electron chi connectivity index (χ3n) is 9.09. The Morgan fingerprint density at radius 2 is 0.660 bits per heavy atom. The van der Waals surface area contributed by atoms with Crippen molar-refractivity contribution in [3.05, 3.63) is 188 Å². The van der Waals surface area contributed by atoms with Crippen LogP contribution < -0.4 is 9.80 Å². The lowest BCUT2D eigenvalue weighted by Crippen LogP contribution is -2.11. The van der Waals surface area contributed by atoms with Crippen LogP contribution in [0, 0.1) is 0 Å². The van der Waals surface area contributed by atoms with E-state index in [1.807, 2.05) is 0 Å². The van der Waals surface area contributed by atoms with Crippen LogP contribution in [0.2, 0.25) is 0 Å². The zero-order valence-electron chi connectivity index (χ0n) is 26.3. The van der Waals surface area contributed by atoms with E-state index in [2.05, 4.69) is 205 Å². The molecule has 0 aliphatic carbocycles. The molecular weight excluding hydrogens is 569 g/mol. The summed E-state index contributed by atoms with van der Waals surface area (Å²) in [6, 6.07) is 67.4. The molecule has 2 nitrogen and oxygen atoms in total. The Bertz CT molecular complexity index is 2200. The molecule has 8 rings (SSSR count). The fraction of sp³-hybridized carbons (Fsp3) is 0.0222. The van der Waals surface area contributed by atoms with E-state index in [0.717, 1.165) is 28.4 Å². The van der Waals surface area contributed by atoms with Crippen LogP contribution in [0.4, 0.5) is 28.4 Å². The van der Waals surface area contributed by atoms with Gasteiger partial charge in [-0.2, -0.15) is 0 Å². The Hall–Kier alpha value is -6.12. The maximum absolute atomic E-state index is 2.40. The molecule has 0 bridgehead atoms. The fourth-order valence-electron chi connectivity index (χ4n) is 6.55. The highest BCUT2D eigenvalue weighted by Gasteiger charge is 2.17. The maximum Gasteiger partial charge on any atom is 0.0540 e. The summed E-state index contributed by atoms with van der Waals surface area (Å²) in [5, 5.41) is 4.90. The van der Waals surface area contributed by atoms with Crippen LogP contribution >= 0.6 is 0 Å². The summed E-state index contributed by atoms with van der Waals surface area (Å²) in [4.78, 5) is 4.63. The van der Waals surface area contributed by atoms with Gasteiger partial charge < -0.3 is 9.80 Å². The number of benzene rings is 8. The first kappa shape index (κ1) is 28.4. The van der Waals surface area contributed by atoms with Gasteiger partial charge in [-0.15, -0.1) is 0 Å². The van der Waals surface area contributed by atoms with Gasteiger partial charge in [0.25, 0.3) is 0 Å². The molecule has 0 heterocycles. The standard InChI is InChI=1S/C45H34N2/c1-46(39-27-21-34(22-28-39)33-11-3-2-4-12-33)40-29-23-35(24-30-40)36-25-31-41(32-26-36)47(44-19-9-15-37-13-5-7-17-42(37)44)45-20-10-16-38-14-6-8-18-43(38)45/h2-32H,1H3. The molecule has 2 heteroatoms. The third kappa shape index (κ3) is 5.51. The van der Waals surface area contributed by atoms with Crippen LogP contribution in [-0.2, 0) is 0 Å². The van der Waals surface area contributed by atoms with Gasteiger partial charge in [0, 0.05) is 34.9 Å². The Morgan fingerprint density at radius 3 is 1.13 bits per heavy atom. The first-order chi connectivity index (χ1) is 23.2. The minimum atomic E-state index is 1.12. The predicted octanol–water partition coefficient (Wildman–Crippen LogP) is 12.6. The predicted molar refractivity (Wildman–Crippen MR) is 202 cm³/mol. The van der Waals surface area contributed by atoms with E-state index in [1.165, 1.54) is 43.8 Å². The summed E-state index contributed by atoms with van der Waals surface area (Å²) in [6.45, 7) is 0. The van der Waals surface area contributed by atoms with Crippen LogP contribution in [0.15, 0.2) is 188 Å². The Labute approximate surface area is 276 Å². The number of fused-ring (bicyclic) bond motifs is 2. The van der Waals surface area contributed by atoms with Crippen molar-refractivity contribution in [1.82, 2.24) is 0 Å². The molecule has 0 saturated carbocycles. The molecule has 8 aromatic carbocycles. The molecule has 0 aromatic heterocycles. The number of anilines is 5. The molecule has 47 heavy (non-hydrogen) atoms. The molecule has 0 atom stereocenters. The number of hydrogen-bond donors (Lipinski definition) is 0. The van der Waals surface area contributed by atoms with Gasteiger partial charge in [-0.3, -0.25) is 0 Å². The quantitative estimate of drug-likeness (QED) is 0.179. The average molecular weight is 603 g/mol. The van der Waals surface area contributed by atoms with E-state index in [1.54, 1.807) is 0 Å². The van der Waals surface area contributed by atoms with Crippen molar-refractivity contribution in [3.63, 3.8) is 0 Å². The lowest BCUT2D eigenvalue weighted by Gasteiger charge is -2.28. The zero-order valence-corrected chi connectivity index (χ0v) is 26.3. The van der Waals surface area contributed by atoms with Gasteiger partial charge in [0.15, 0.2) is 0 Å². The first-order valence-corrected chi connectivity index (χ1v) is 16.1. The van der Waals surface area contributed by atoms with Gasteiger partial charge in [-0.1, -0.05) is 140 Å². The maximum atomic E-state index is 2.40. The highest BCUT2D eigenvalue weighted by molar-refractivity contribution is 6.04. The first-order valence-electron chi connectivity index (χ1n) is 16.1. The summed E-state index contributed by atoms with van der Waals surface area (Å²) in [5.41, 5.74) is 10.6. The Balaban J connectivity index is 1.11. The van der Waals surface area contributed by atoms with E-state index < -0.39 is 0 Å². The van der Waals surface area contributed by atoms with Crippen LogP contribution in [-0.4, -0.2) is 7.05 Å². The van der Waals surface area contributed by atoms with Crippen LogP contribution in [0.1, 0.15) is 0 Å². The summed E-state index contributed by atoms with van der Waals surface area (Å²) in [5.74, 6) is 0. The van der Waals surface area contributed by atoms with Crippen LogP contribution in [0.3, 0.4) is 0 Å². The van der Waals surface area contributed by atoms with Gasteiger partial charge in [-0.25, -0.2) is 0 Å². The molecular formula is C45H34N2. The topological polar surface area (TPSA) is 6.48 Å². The van der Waals surface area contributed by atoms with Gasteiger partial charge in [-0.05, 0) is 81.6 Å². The molecule has 0 unspecified atom stereocenters. The molecule has 0 saturated heterocycles. The molecule has 0 aliphatic heterocycles. The van der Waals surface area contributed by atoms with Crippen molar-refractivity contribution in [2.75, 3.05) is 16.8 Å². The summed E-state index contributed by atoms with van der Waals surface area (Å²) >= 11 is 0. The second-order valence-electron chi connectivity index (χ2n) is 11.9. The van der Waals surface area contributed by atoms with E-state index in [9.17, 15) is 0 Å². The summed E-state index contributed by atoms with van der Waals surface area (Å²) in [6.07, 6.45) is 0. The SMILES string of the molecule is CN(c1ccc(-c2ccccc2)cc1)c1ccc(-c2ccc(N(c3cccc4ccccc34)c3cccc4ccccc34)cc2)cc1. The minimum absolute atomic E-state index is 1.12. The van der Waals surface area contributed by atoms with E-state index in [-0.39, 0.29) is 0 Å². The van der Waals surface area contributed by atoms with Crippen molar-refractivity contribution in [2.24, 2.45) is 0 Å². The minimum Gasteiger partial charge on any atom is -0.345 e. The molecule has 0 N–H and O–H groups in total.